The second-order valence-electron chi connectivity index (χ2n) is 3.66. The maximum atomic E-state index is 11.1. The maximum Gasteiger partial charge on any atom is 0.328 e. The highest BCUT2D eigenvalue weighted by Gasteiger charge is 2.17. The number of hydrogen-bond donors (Lipinski definition) is 4. The Kier molecular flexibility index (Phi) is 6.44. The molecule has 0 radical (unpaired) electrons. The predicted molar refractivity (Wildman–Crippen MR) is 54.5 cm³/mol. The molecule has 1 unspecified atom stereocenters. The minimum Gasteiger partial charge on any atom is -0.480 e. The van der Waals surface area contributed by atoms with Gasteiger partial charge in [0.2, 0.25) is 0 Å². The quantitative estimate of drug-likeness (QED) is 0.495. The monoisotopic (exact) mass is 218 g/mol. The normalized spacial score (nSPS) is 12.3. The lowest BCUT2D eigenvalue weighted by molar-refractivity contribution is -0.140. The van der Waals surface area contributed by atoms with Crippen LogP contribution in [-0.4, -0.2) is 41.4 Å². The summed E-state index contributed by atoms with van der Waals surface area (Å²) in [6, 6.07) is -1.82. The number of carbonyl (C=O) groups is 2. The Bertz CT molecular complexity index is 218. The third-order valence-corrected chi connectivity index (χ3v) is 1.79. The molecule has 0 heterocycles. The number of nitrogens with one attached hydrogen (secondary N) is 2. The molecule has 0 aromatic carbocycles. The van der Waals surface area contributed by atoms with Gasteiger partial charge >= 0.3 is 12.0 Å². The maximum absolute atomic E-state index is 11.1. The molecule has 0 aromatic heterocycles. The summed E-state index contributed by atoms with van der Waals surface area (Å²) >= 11 is 0. The number of aliphatic carboxylic acids is 1. The van der Waals surface area contributed by atoms with Gasteiger partial charge in [0.05, 0.1) is 6.61 Å². The average molecular weight is 218 g/mol. The van der Waals surface area contributed by atoms with Gasteiger partial charge in [-0.15, -0.1) is 0 Å². The van der Waals surface area contributed by atoms with Gasteiger partial charge < -0.3 is 20.8 Å². The van der Waals surface area contributed by atoms with Crippen LogP contribution in [0, 0.1) is 5.92 Å². The molecule has 0 aromatic rings. The second kappa shape index (κ2) is 7.05. The van der Waals surface area contributed by atoms with Crippen LogP contribution in [0.25, 0.3) is 0 Å². The SMILES string of the molecule is CC(C)CCNC(=O)NC(CO)C(=O)O. The summed E-state index contributed by atoms with van der Waals surface area (Å²) in [5, 5.41) is 21.8. The molecule has 88 valence electrons. The number of urea groups is 1. The molecule has 1 atom stereocenters. The smallest absolute Gasteiger partial charge is 0.328 e. The van der Waals surface area contributed by atoms with Gasteiger partial charge in [-0.1, -0.05) is 13.8 Å². The van der Waals surface area contributed by atoms with Crippen LogP contribution >= 0.6 is 0 Å². The average Bonchev–Trinajstić information content (AvgIpc) is 2.13. The van der Waals surface area contributed by atoms with Crippen molar-refractivity contribution in [2.24, 2.45) is 5.92 Å². The van der Waals surface area contributed by atoms with Gasteiger partial charge in [-0.25, -0.2) is 9.59 Å². The molecule has 2 amide bonds. The summed E-state index contributed by atoms with van der Waals surface area (Å²) in [6.07, 6.45) is 0.824. The van der Waals surface area contributed by atoms with Gasteiger partial charge in [0.15, 0.2) is 6.04 Å². The first-order valence-electron chi connectivity index (χ1n) is 4.85. The van der Waals surface area contributed by atoms with E-state index in [0.717, 1.165) is 6.42 Å². The minimum absolute atomic E-state index is 0.471. The van der Waals surface area contributed by atoms with E-state index in [1.807, 2.05) is 13.8 Å². The number of carboxylic acid groups (broad SMARTS) is 1. The predicted octanol–water partition coefficient (Wildman–Crippen LogP) is -0.223. The Balaban J connectivity index is 3.77. The van der Waals surface area contributed by atoms with Crippen LogP contribution in [0.2, 0.25) is 0 Å². The van der Waals surface area contributed by atoms with Crippen LogP contribution in [0.15, 0.2) is 0 Å². The molecule has 0 saturated heterocycles. The number of rotatable bonds is 6. The Morgan fingerprint density at radius 1 is 1.33 bits per heavy atom. The first-order valence-corrected chi connectivity index (χ1v) is 4.85. The van der Waals surface area contributed by atoms with Crippen molar-refractivity contribution in [2.45, 2.75) is 26.3 Å². The van der Waals surface area contributed by atoms with Crippen molar-refractivity contribution in [3.63, 3.8) is 0 Å². The number of carbonyl (C=O) groups excluding carboxylic acids is 1. The third kappa shape index (κ3) is 6.73. The molecule has 0 rings (SSSR count). The van der Waals surface area contributed by atoms with Gasteiger partial charge in [-0.3, -0.25) is 0 Å². The lowest BCUT2D eigenvalue weighted by Gasteiger charge is -2.13. The second-order valence-corrected chi connectivity index (χ2v) is 3.66. The first-order chi connectivity index (χ1) is 6.97. The van der Waals surface area contributed by atoms with Gasteiger partial charge in [-0.05, 0) is 12.3 Å². The van der Waals surface area contributed by atoms with Crippen molar-refractivity contribution in [3.05, 3.63) is 0 Å². The largest absolute Gasteiger partial charge is 0.480 e. The number of amides is 2. The molecule has 0 aliphatic carbocycles. The lowest BCUT2D eigenvalue weighted by Crippen LogP contribution is -2.48. The standard InChI is InChI=1S/C9H18N2O4/c1-6(2)3-4-10-9(15)11-7(5-12)8(13)14/h6-7,12H,3-5H2,1-2H3,(H,13,14)(H2,10,11,15). The number of aliphatic hydroxyl groups excluding tert-OH is 1. The first kappa shape index (κ1) is 13.7. The van der Waals surface area contributed by atoms with E-state index in [4.69, 9.17) is 10.2 Å². The van der Waals surface area contributed by atoms with E-state index in [2.05, 4.69) is 10.6 Å². The summed E-state index contributed by atoms with van der Waals surface area (Å²) in [4.78, 5) is 21.5. The molecule has 15 heavy (non-hydrogen) atoms. The highest BCUT2D eigenvalue weighted by molar-refractivity contribution is 5.82. The van der Waals surface area contributed by atoms with Gasteiger partial charge in [0, 0.05) is 6.54 Å². The van der Waals surface area contributed by atoms with Crippen LogP contribution in [0.5, 0.6) is 0 Å². The van der Waals surface area contributed by atoms with Crippen molar-refractivity contribution in [3.8, 4) is 0 Å². The number of carboxylic acids is 1. The van der Waals surface area contributed by atoms with Crippen molar-refractivity contribution in [1.29, 1.82) is 0 Å². The number of aliphatic hydroxyl groups is 1. The van der Waals surface area contributed by atoms with Gasteiger partial charge in [-0.2, -0.15) is 0 Å². The van der Waals surface area contributed by atoms with Crippen LogP contribution in [0.1, 0.15) is 20.3 Å². The zero-order chi connectivity index (χ0) is 11.8. The molecular formula is C9H18N2O4. The Labute approximate surface area is 88.7 Å². The Morgan fingerprint density at radius 2 is 1.93 bits per heavy atom. The van der Waals surface area contributed by atoms with Gasteiger partial charge in [0.1, 0.15) is 0 Å². The van der Waals surface area contributed by atoms with Crippen molar-refractivity contribution in [2.75, 3.05) is 13.2 Å². The van der Waals surface area contributed by atoms with E-state index in [1.165, 1.54) is 0 Å². The zero-order valence-electron chi connectivity index (χ0n) is 8.99. The fourth-order valence-electron chi connectivity index (χ4n) is 0.869. The van der Waals surface area contributed by atoms with Crippen LogP contribution in [-0.2, 0) is 4.79 Å². The molecular weight excluding hydrogens is 200 g/mol. The lowest BCUT2D eigenvalue weighted by atomic mass is 10.1. The van der Waals surface area contributed by atoms with E-state index < -0.39 is 24.6 Å². The van der Waals surface area contributed by atoms with Crippen molar-refractivity contribution >= 4 is 12.0 Å². The van der Waals surface area contributed by atoms with E-state index in [0.29, 0.717) is 12.5 Å². The van der Waals surface area contributed by atoms with Crippen LogP contribution in [0.4, 0.5) is 4.79 Å². The summed E-state index contributed by atoms with van der Waals surface area (Å²) in [5.74, 6) is -0.782. The van der Waals surface area contributed by atoms with Crippen LogP contribution in [0.3, 0.4) is 0 Å². The molecule has 0 saturated carbocycles. The fraction of sp³-hybridized carbons (Fsp3) is 0.778. The Morgan fingerprint density at radius 3 is 2.33 bits per heavy atom. The molecule has 0 spiro atoms. The molecule has 0 aliphatic heterocycles. The van der Waals surface area contributed by atoms with E-state index in [-0.39, 0.29) is 0 Å². The fourth-order valence-corrected chi connectivity index (χ4v) is 0.869. The summed E-state index contributed by atoms with van der Waals surface area (Å²) < 4.78 is 0. The Hall–Kier alpha value is -1.30. The van der Waals surface area contributed by atoms with Crippen LogP contribution < -0.4 is 10.6 Å². The van der Waals surface area contributed by atoms with E-state index >= 15 is 0 Å². The molecule has 0 aliphatic rings. The topological polar surface area (TPSA) is 98.7 Å². The number of hydrogen-bond acceptors (Lipinski definition) is 3. The van der Waals surface area contributed by atoms with Crippen molar-refractivity contribution < 1.29 is 19.8 Å². The summed E-state index contributed by atoms with van der Waals surface area (Å²) in [5.41, 5.74) is 0. The molecule has 0 bridgehead atoms. The van der Waals surface area contributed by atoms with E-state index in [1.54, 1.807) is 0 Å². The van der Waals surface area contributed by atoms with E-state index in [9.17, 15) is 9.59 Å². The molecule has 4 N–H and O–H groups in total. The van der Waals surface area contributed by atoms with Gasteiger partial charge in [0.25, 0.3) is 0 Å². The minimum atomic E-state index is -1.25. The molecule has 6 nitrogen and oxygen atoms in total. The highest BCUT2D eigenvalue weighted by Crippen LogP contribution is 1.96. The van der Waals surface area contributed by atoms with Crippen molar-refractivity contribution in [1.82, 2.24) is 10.6 Å². The highest BCUT2D eigenvalue weighted by atomic mass is 16.4. The summed E-state index contributed by atoms with van der Waals surface area (Å²) in [7, 11) is 0. The molecule has 6 heteroatoms. The molecule has 0 fully saturated rings. The summed E-state index contributed by atoms with van der Waals surface area (Å²) in [6.45, 7) is 3.91. The zero-order valence-corrected chi connectivity index (χ0v) is 8.99. The third-order valence-electron chi connectivity index (χ3n) is 1.79.